The third kappa shape index (κ3) is 2.16. The van der Waals surface area contributed by atoms with Gasteiger partial charge in [0.05, 0.1) is 5.57 Å². The third-order valence-electron chi connectivity index (χ3n) is 2.37. The first-order chi connectivity index (χ1) is 6.36. The molecule has 0 N–H and O–H groups in total. The molecule has 1 aliphatic carbocycles. The molecule has 0 radical (unpaired) electrons. The zero-order chi connectivity index (χ0) is 10.9. The molecule has 0 nitrogen and oxygen atoms in total. The predicted molar refractivity (Wildman–Crippen MR) is 46.3 cm³/mol. The molecule has 1 rings (SSSR count). The van der Waals surface area contributed by atoms with Gasteiger partial charge in [-0.2, -0.15) is 13.2 Å². The van der Waals surface area contributed by atoms with E-state index in [4.69, 9.17) is 0 Å². The van der Waals surface area contributed by atoms with E-state index in [1.165, 1.54) is 6.92 Å². The molecule has 0 heterocycles. The average molecular weight is 208 g/mol. The SMILES string of the molecule is CCC1=CC(C(F)(F)F)=C(F)C(C)C1. The zero-order valence-corrected chi connectivity index (χ0v) is 8.08. The molecule has 0 aromatic carbocycles. The van der Waals surface area contributed by atoms with Crippen molar-refractivity contribution >= 4 is 0 Å². The summed E-state index contributed by atoms with van der Waals surface area (Å²) in [5.74, 6) is -1.68. The largest absolute Gasteiger partial charge is 0.418 e. The Morgan fingerprint density at radius 3 is 2.43 bits per heavy atom. The molecule has 1 atom stereocenters. The Morgan fingerprint density at radius 1 is 1.43 bits per heavy atom. The van der Waals surface area contributed by atoms with E-state index in [0.29, 0.717) is 18.4 Å². The van der Waals surface area contributed by atoms with Crippen molar-refractivity contribution in [1.82, 2.24) is 0 Å². The van der Waals surface area contributed by atoms with Crippen LogP contribution in [0.15, 0.2) is 23.0 Å². The van der Waals surface area contributed by atoms with Gasteiger partial charge in [-0.15, -0.1) is 0 Å². The molecule has 1 aliphatic rings. The molecule has 0 saturated carbocycles. The average Bonchev–Trinajstić information content (AvgIpc) is 2.07. The molecule has 0 saturated heterocycles. The first-order valence-electron chi connectivity index (χ1n) is 4.52. The summed E-state index contributed by atoms with van der Waals surface area (Å²) >= 11 is 0. The van der Waals surface area contributed by atoms with Crippen molar-refractivity contribution in [3.63, 3.8) is 0 Å². The van der Waals surface area contributed by atoms with Gasteiger partial charge in [-0.3, -0.25) is 0 Å². The highest BCUT2D eigenvalue weighted by atomic mass is 19.4. The van der Waals surface area contributed by atoms with Crippen molar-refractivity contribution in [3.05, 3.63) is 23.0 Å². The summed E-state index contributed by atoms with van der Waals surface area (Å²) in [6, 6.07) is 0. The summed E-state index contributed by atoms with van der Waals surface area (Å²) in [6.45, 7) is 3.25. The summed E-state index contributed by atoms with van der Waals surface area (Å²) in [5.41, 5.74) is -0.445. The Labute approximate surface area is 80.3 Å². The van der Waals surface area contributed by atoms with E-state index < -0.39 is 23.5 Å². The Bertz CT molecular complexity index is 283. The van der Waals surface area contributed by atoms with E-state index in [9.17, 15) is 17.6 Å². The Morgan fingerprint density at radius 2 is 2.00 bits per heavy atom. The minimum absolute atomic E-state index is 0.391. The Kier molecular flexibility index (Phi) is 3.02. The van der Waals surface area contributed by atoms with E-state index >= 15 is 0 Å². The minimum atomic E-state index is -4.57. The maximum atomic E-state index is 13.2. The van der Waals surface area contributed by atoms with Crippen molar-refractivity contribution in [2.45, 2.75) is 32.9 Å². The monoisotopic (exact) mass is 208 g/mol. The molecular weight excluding hydrogens is 196 g/mol. The van der Waals surface area contributed by atoms with Crippen LogP contribution < -0.4 is 0 Å². The second-order valence-corrected chi connectivity index (χ2v) is 3.52. The van der Waals surface area contributed by atoms with Crippen LogP contribution in [0, 0.1) is 5.92 Å². The summed E-state index contributed by atoms with van der Waals surface area (Å²) in [6.07, 6.45) is -2.70. The molecule has 1 unspecified atom stereocenters. The first-order valence-corrected chi connectivity index (χ1v) is 4.52. The third-order valence-corrected chi connectivity index (χ3v) is 2.37. The van der Waals surface area contributed by atoms with Gasteiger partial charge in [0.25, 0.3) is 0 Å². The lowest BCUT2D eigenvalue weighted by Gasteiger charge is -2.21. The van der Waals surface area contributed by atoms with Crippen molar-refractivity contribution < 1.29 is 17.6 Å². The summed E-state index contributed by atoms with van der Waals surface area (Å²) in [4.78, 5) is 0. The quantitative estimate of drug-likeness (QED) is 0.568. The van der Waals surface area contributed by atoms with Crippen molar-refractivity contribution in [2.75, 3.05) is 0 Å². The van der Waals surface area contributed by atoms with E-state index in [1.807, 2.05) is 0 Å². The fourth-order valence-corrected chi connectivity index (χ4v) is 1.54. The Balaban J connectivity index is 3.11. The van der Waals surface area contributed by atoms with Gasteiger partial charge in [0.2, 0.25) is 0 Å². The van der Waals surface area contributed by atoms with Crippen molar-refractivity contribution in [3.8, 4) is 0 Å². The molecule has 0 bridgehead atoms. The molecular formula is C10H12F4. The van der Waals surface area contributed by atoms with Gasteiger partial charge in [-0.25, -0.2) is 4.39 Å². The number of hydrogen-bond donors (Lipinski definition) is 0. The van der Waals surface area contributed by atoms with Gasteiger partial charge >= 0.3 is 6.18 Å². The van der Waals surface area contributed by atoms with E-state index in [2.05, 4.69) is 0 Å². The maximum absolute atomic E-state index is 13.2. The number of halogens is 4. The molecule has 4 heteroatoms. The zero-order valence-electron chi connectivity index (χ0n) is 8.08. The van der Waals surface area contributed by atoms with Crippen LogP contribution in [-0.2, 0) is 0 Å². The van der Waals surface area contributed by atoms with E-state index in [1.54, 1.807) is 6.92 Å². The molecule has 80 valence electrons. The fourth-order valence-electron chi connectivity index (χ4n) is 1.54. The molecule has 0 amide bonds. The van der Waals surface area contributed by atoms with E-state index in [0.717, 1.165) is 6.08 Å². The number of alkyl halides is 3. The maximum Gasteiger partial charge on any atom is 0.418 e. The summed E-state index contributed by atoms with van der Waals surface area (Å²) in [5, 5.41) is 0. The lowest BCUT2D eigenvalue weighted by Crippen LogP contribution is -2.18. The highest BCUT2D eigenvalue weighted by Crippen LogP contribution is 2.39. The molecule has 0 aromatic heterocycles. The van der Waals surface area contributed by atoms with E-state index in [-0.39, 0.29) is 0 Å². The predicted octanol–water partition coefficient (Wildman–Crippen LogP) is 4.15. The lowest BCUT2D eigenvalue weighted by molar-refractivity contribution is -0.0910. The van der Waals surface area contributed by atoms with Gasteiger partial charge in [0.1, 0.15) is 5.83 Å². The lowest BCUT2D eigenvalue weighted by atomic mass is 9.89. The van der Waals surface area contributed by atoms with Gasteiger partial charge in [0, 0.05) is 5.92 Å². The standard InChI is InChI=1S/C10H12F4/c1-3-7-4-6(2)9(11)8(5-7)10(12,13)14/h5-6H,3-4H2,1-2H3. The van der Waals surface area contributed by atoms with Crippen LogP contribution in [0.25, 0.3) is 0 Å². The summed E-state index contributed by atoms with van der Waals surface area (Å²) < 4.78 is 50.2. The van der Waals surface area contributed by atoms with Crippen LogP contribution in [0.4, 0.5) is 17.6 Å². The number of rotatable bonds is 1. The van der Waals surface area contributed by atoms with Gasteiger partial charge < -0.3 is 0 Å². The second-order valence-electron chi connectivity index (χ2n) is 3.52. The van der Waals surface area contributed by atoms with Crippen LogP contribution >= 0.6 is 0 Å². The highest BCUT2D eigenvalue weighted by Gasteiger charge is 2.38. The number of hydrogen-bond acceptors (Lipinski definition) is 0. The smallest absolute Gasteiger partial charge is 0.211 e. The molecule has 0 fully saturated rings. The van der Waals surface area contributed by atoms with Crippen LogP contribution in [0.3, 0.4) is 0 Å². The van der Waals surface area contributed by atoms with Gasteiger partial charge in [-0.1, -0.05) is 19.4 Å². The molecule has 0 spiro atoms. The van der Waals surface area contributed by atoms with Crippen LogP contribution in [0.2, 0.25) is 0 Å². The normalized spacial score (nSPS) is 23.9. The van der Waals surface area contributed by atoms with Crippen molar-refractivity contribution in [1.29, 1.82) is 0 Å². The van der Waals surface area contributed by atoms with Crippen LogP contribution in [0.1, 0.15) is 26.7 Å². The fraction of sp³-hybridized carbons (Fsp3) is 0.600. The topological polar surface area (TPSA) is 0 Å². The van der Waals surface area contributed by atoms with Crippen LogP contribution in [0.5, 0.6) is 0 Å². The van der Waals surface area contributed by atoms with Gasteiger partial charge in [-0.05, 0) is 18.9 Å². The Hall–Kier alpha value is -0.800. The van der Waals surface area contributed by atoms with Crippen molar-refractivity contribution in [2.24, 2.45) is 5.92 Å². The second kappa shape index (κ2) is 3.75. The molecule has 0 aromatic rings. The molecule has 0 aliphatic heterocycles. The molecule has 14 heavy (non-hydrogen) atoms. The highest BCUT2D eigenvalue weighted by molar-refractivity contribution is 5.35. The summed E-state index contributed by atoms with van der Waals surface area (Å²) in [7, 11) is 0. The first kappa shape index (κ1) is 11.3. The van der Waals surface area contributed by atoms with Crippen LogP contribution in [-0.4, -0.2) is 6.18 Å². The van der Waals surface area contributed by atoms with Gasteiger partial charge in [0.15, 0.2) is 0 Å². The number of allylic oxidation sites excluding steroid dienone is 4. The minimum Gasteiger partial charge on any atom is -0.211 e.